The van der Waals surface area contributed by atoms with Crippen molar-refractivity contribution in [2.75, 3.05) is 31.9 Å². The summed E-state index contributed by atoms with van der Waals surface area (Å²) in [6.45, 7) is 15.9. The van der Waals surface area contributed by atoms with Crippen LogP contribution in [0.2, 0.25) is 0 Å². The van der Waals surface area contributed by atoms with E-state index in [-0.39, 0.29) is 5.75 Å². The number of rotatable bonds is 11. The fourth-order valence-corrected chi connectivity index (χ4v) is 2.37. The molecule has 0 N–H and O–H groups in total. The van der Waals surface area contributed by atoms with Crippen molar-refractivity contribution in [3.63, 3.8) is 0 Å². The van der Waals surface area contributed by atoms with E-state index in [4.69, 9.17) is 0 Å². The number of quaternary nitrogens is 1. The summed E-state index contributed by atoms with van der Waals surface area (Å²) in [7, 11) is -3.91. The Bertz CT molecular complexity index is 303. The summed E-state index contributed by atoms with van der Waals surface area (Å²) < 4.78 is 29.7. The smallest absolute Gasteiger partial charge is 0.0943 e. The SMILES string of the molecule is CCCCCCCC[N+](CC)(CC)CC.CCS(=O)(=O)[O-]. The zero-order chi connectivity index (χ0) is 16.8. The Hall–Kier alpha value is -0.130. The number of hydrogen-bond donors (Lipinski definition) is 0. The summed E-state index contributed by atoms with van der Waals surface area (Å²) in [5, 5.41) is 0. The maximum absolute atomic E-state index is 9.44. The molecule has 0 radical (unpaired) electrons. The molecule has 0 aliphatic rings. The van der Waals surface area contributed by atoms with E-state index >= 15 is 0 Å². The van der Waals surface area contributed by atoms with Gasteiger partial charge in [-0.15, -0.1) is 0 Å². The molecule has 0 rings (SSSR count). The first kappa shape index (κ1) is 23.1. The van der Waals surface area contributed by atoms with Gasteiger partial charge in [-0.1, -0.05) is 39.5 Å². The van der Waals surface area contributed by atoms with Gasteiger partial charge in [0.1, 0.15) is 0 Å². The van der Waals surface area contributed by atoms with Crippen molar-refractivity contribution in [3.05, 3.63) is 0 Å². The lowest BCUT2D eigenvalue weighted by Gasteiger charge is -2.35. The molecule has 0 unspecified atom stereocenters. The van der Waals surface area contributed by atoms with Crippen LogP contribution in [-0.2, 0) is 10.1 Å². The van der Waals surface area contributed by atoms with Crippen molar-refractivity contribution in [2.24, 2.45) is 0 Å². The summed E-state index contributed by atoms with van der Waals surface area (Å²) in [4.78, 5) is 0. The number of hydrogen-bond acceptors (Lipinski definition) is 3. The molecule has 0 spiro atoms. The van der Waals surface area contributed by atoms with Crippen LogP contribution in [0.5, 0.6) is 0 Å². The molecule has 0 aromatic rings. The standard InChI is InChI=1S/C14H32N.C2H6O3S/c1-5-9-10-11-12-13-14-15(6-2,7-3)8-4;1-2-6(3,4)5/h5-14H2,1-4H3;2H2,1H3,(H,3,4,5)/q+1;/p-1. The predicted molar refractivity (Wildman–Crippen MR) is 90.4 cm³/mol. The average molecular weight is 324 g/mol. The number of nitrogens with zero attached hydrogens (tertiary/aromatic N) is 1. The van der Waals surface area contributed by atoms with E-state index in [9.17, 15) is 13.0 Å². The summed E-state index contributed by atoms with van der Waals surface area (Å²) in [5.41, 5.74) is 0. The van der Waals surface area contributed by atoms with E-state index in [1.807, 2.05) is 0 Å². The van der Waals surface area contributed by atoms with Gasteiger partial charge < -0.3 is 9.04 Å². The van der Waals surface area contributed by atoms with E-state index in [0.29, 0.717) is 0 Å². The van der Waals surface area contributed by atoms with Gasteiger partial charge in [0.15, 0.2) is 0 Å². The van der Waals surface area contributed by atoms with Crippen LogP contribution in [0, 0.1) is 0 Å². The fourth-order valence-electron chi connectivity index (χ4n) is 2.37. The second kappa shape index (κ2) is 13.5. The normalized spacial score (nSPS) is 11.9. The molecule has 130 valence electrons. The fraction of sp³-hybridized carbons (Fsp3) is 1.00. The van der Waals surface area contributed by atoms with Crippen LogP contribution >= 0.6 is 0 Å². The van der Waals surface area contributed by atoms with E-state index in [0.717, 1.165) is 0 Å². The van der Waals surface area contributed by atoms with Gasteiger partial charge in [0.05, 0.1) is 36.3 Å². The molecule has 0 heterocycles. The molecule has 0 amide bonds. The lowest BCUT2D eigenvalue weighted by atomic mass is 10.1. The van der Waals surface area contributed by atoms with Crippen LogP contribution in [0.15, 0.2) is 0 Å². The first-order valence-corrected chi connectivity index (χ1v) is 10.2. The minimum Gasteiger partial charge on any atom is -0.748 e. The van der Waals surface area contributed by atoms with E-state index in [1.165, 1.54) is 76.1 Å². The van der Waals surface area contributed by atoms with Gasteiger partial charge in [-0.2, -0.15) is 0 Å². The Morgan fingerprint density at radius 2 is 1.14 bits per heavy atom. The van der Waals surface area contributed by atoms with Crippen molar-refractivity contribution in [1.82, 2.24) is 0 Å². The molecule has 4 nitrogen and oxygen atoms in total. The van der Waals surface area contributed by atoms with Crippen molar-refractivity contribution < 1.29 is 17.5 Å². The summed E-state index contributed by atoms with van der Waals surface area (Å²) in [5.74, 6) is -0.312. The molecule has 0 aliphatic carbocycles. The van der Waals surface area contributed by atoms with Crippen molar-refractivity contribution in [1.29, 1.82) is 0 Å². The van der Waals surface area contributed by atoms with E-state index in [2.05, 4.69) is 27.7 Å². The van der Waals surface area contributed by atoms with Gasteiger partial charge in [-0.25, -0.2) is 8.42 Å². The number of unbranched alkanes of at least 4 members (excludes halogenated alkanes) is 5. The molecule has 21 heavy (non-hydrogen) atoms. The highest BCUT2D eigenvalue weighted by Crippen LogP contribution is 2.11. The molecule has 0 fully saturated rings. The van der Waals surface area contributed by atoms with Crippen LogP contribution in [-0.4, -0.2) is 49.4 Å². The van der Waals surface area contributed by atoms with Gasteiger partial charge in [-0.3, -0.25) is 0 Å². The third kappa shape index (κ3) is 14.6. The second-order valence-corrected chi connectivity index (χ2v) is 7.32. The maximum atomic E-state index is 9.44. The summed E-state index contributed by atoms with van der Waals surface area (Å²) in [6.07, 6.45) is 8.55. The minimum absolute atomic E-state index is 0.312. The topological polar surface area (TPSA) is 57.2 Å². The van der Waals surface area contributed by atoms with Crippen molar-refractivity contribution in [3.8, 4) is 0 Å². The summed E-state index contributed by atoms with van der Waals surface area (Å²) in [6, 6.07) is 0. The zero-order valence-corrected chi connectivity index (χ0v) is 15.7. The monoisotopic (exact) mass is 323 g/mol. The molecule has 0 atom stereocenters. The van der Waals surface area contributed by atoms with Crippen LogP contribution in [0.1, 0.15) is 73.1 Å². The Kier molecular flexibility index (Phi) is 14.9. The zero-order valence-electron chi connectivity index (χ0n) is 14.9. The van der Waals surface area contributed by atoms with Crippen LogP contribution in [0.3, 0.4) is 0 Å². The molecule has 0 aromatic carbocycles. The van der Waals surface area contributed by atoms with Gasteiger partial charge in [0.25, 0.3) is 0 Å². The third-order valence-corrected chi connectivity index (χ3v) is 5.06. The molecule has 5 heteroatoms. The van der Waals surface area contributed by atoms with E-state index < -0.39 is 10.1 Å². The average Bonchev–Trinajstić information content (AvgIpc) is 2.47. The Labute approximate surface area is 133 Å². The molecule has 0 aliphatic heterocycles. The molecule has 0 saturated carbocycles. The van der Waals surface area contributed by atoms with Crippen molar-refractivity contribution >= 4 is 10.1 Å². The molecular weight excluding hydrogens is 286 g/mol. The highest BCUT2D eigenvalue weighted by atomic mass is 32.2. The lowest BCUT2D eigenvalue weighted by molar-refractivity contribution is -0.923. The Morgan fingerprint density at radius 1 is 0.762 bits per heavy atom. The first-order chi connectivity index (χ1) is 9.80. The van der Waals surface area contributed by atoms with E-state index in [1.54, 1.807) is 0 Å². The van der Waals surface area contributed by atoms with Crippen LogP contribution in [0.25, 0.3) is 0 Å². The molecular formula is C16H37NO3S. The quantitative estimate of drug-likeness (QED) is 0.330. The van der Waals surface area contributed by atoms with Crippen molar-refractivity contribution in [2.45, 2.75) is 73.1 Å². The maximum Gasteiger partial charge on any atom is 0.0943 e. The molecule has 0 bridgehead atoms. The first-order valence-electron chi connectivity index (χ1n) is 8.59. The van der Waals surface area contributed by atoms with Gasteiger partial charge >= 0.3 is 0 Å². The summed E-state index contributed by atoms with van der Waals surface area (Å²) >= 11 is 0. The van der Waals surface area contributed by atoms with Gasteiger partial charge in [-0.05, 0) is 33.6 Å². The molecule has 0 saturated heterocycles. The van der Waals surface area contributed by atoms with Crippen LogP contribution < -0.4 is 0 Å². The Morgan fingerprint density at radius 3 is 1.48 bits per heavy atom. The highest BCUT2D eigenvalue weighted by molar-refractivity contribution is 7.85. The largest absolute Gasteiger partial charge is 0.748 e. The van der Waals surface area contributed by atoms with Crippen LogP contribution in [0.4, 0.5) is 0 Å². The third-order valence-electron chi connectivity index (χ3n) is 4.35. The minimum atomic E-state index is -3.91. The highest BCUT2D eigenvalue weighted by Gasteiger charge is 2.19. The predicted octanol–water partition coefficient (Wildman–Crippen LogP) is 3.77. The molecule has 0 aromatic heterocycles. The van der Waals surface area contributed by atoms with Gasteiger partial charge in [0.2, 0.25) is 0 Å². The second-order valence-electron chi connectivity index (χ2n) is 5.63. The lowest BCUT2D eigenvalue weighted by Crippen LogP contribution is -2.48. The van der Waals surface area contributed by atoms with Gasteiger partial charge in [0, 0.05) is 5.75 Å². The Balaban J connectivity index is 0.